The van der Waals surface area contributed by atoms with E-state index in [1.165, 1.54) is 0 Å². The van der Waals surface area contributed by atoms with Gasteiger partial charge in [-0.25, -0.2) is 4.68 Å². The zero-order valence-corrected chi connectivity index (χ0v) is 18.6. The first-order chi connectivity index (χ1) is 13.9. The predicted molar refractivity (Wildman–Crippen MR) is 120 cm³/mol. The van der Waals surface area contributed by atoms with E-state index in [1.807, 2.05) is 41.2 Å². The molecule has 1 heterocycles. The molecule has 1 aromatic carbocycles. The standard InChI is InChI=1S/C22H36N6O/c1-17(2)27(18(3)4)14-7-13-24-22(23-5)25-16-19-12-15-28(26-19)20-8-10-21(29-6)11-9-20/h8-12,15,17-18H,7,13-14,16H2,1-6H3,(H2,23,24,25). The molecule has 29 heavy (non-hydrogen) atoms. The van der Waals surface area contributed by atoms with Gasteiger partial charge in [0, 0.05) is 38.4 Å². The van der Waals surface area contributed by atoms with E-state index in [0.717, 1.165) is 42.6 Å². The van der Waals surface area contributed by atoms with Crippen LogP contribution in [-0.4, -0.2) is 60.0 Å². The number of methoxy groups -OCH3 is 1. The molecule has 0 unspecified atom stereocenters. The zero-order chi connectivity index (χ0) is 21.2. The van der Waals surface area contributed by atoms with Gasteiger partial charge in [-0.1, -0.05) is 0 Å². The Morgan fingerprint density at radius 3 is 2.38 bits per heavy atom. The highest BCUT2D eigenvalue weighted by atomic mass is 16.5. The average molecular weight is 401 g/mol. The lowest BCUT2D eigenvalue weighted by Crippen LogP contribution is -2.41. The van der Waals surface area contributed by atoms with E-state index in [1.54, 1.807) is 14.2 Å². The molecule has 0 aliphatic heterocycles. The molecule has 0 radical (unpaired) electrons. The molecule has 0 fully saturated rings. The van der Waals surface area contributed by atoms with Crippen molar-refractivity contribution in [3.63, 3.8) is 0 Å². The average Bonchev–Trinajstić information content (AvgIpc) is 3.18. The minimum atomic E-state index is 0.563. The van der Waals surface area contributed by atoms with Crippen molar-refractivity contribution in [2.45, 2.75) is 52.7 Å². The molecular weight excluding hydrogens is 364 g/mol. The summed E-state index contributed by atoms with van der Waals surface area (Å²) in [5.74, 6) is 1.63. The van der Waals surface area contributed by atoms with E-state index in [4.69, 9.17) is 4.74 Å². The predicted octanol–water partition coefficient (Wildman–Crippen LogP) is 3.05. The van der Waals surface area contributed by atoms with Crippen LogP contribution in [0.25, 0.3) is 5.69 Å². The fraction of sp³-hybridized carbons (Fsp3) is 0.545. The van der Waals surface area contributed by atoms with Gasteiger partial charge in [0.05, 0.1) is 25.0 Å². The van der Waals surface area contributed by atoms with Crippen molar-refractivity contribution < 1.29 is 4.74 Å². The summed E-state index contributed by atoms with van der Waals surface area (Å²) in [5.41, 5.74) is 1.95. The molecule has 160 valence electrons. The smallest absolute Gasteiger partial charge is 0.191 e. The van der Waals surface area contributed by atoms with Gasteiger partial charge in [-0.3, -0.25) is 9.89 Å². The first kappa shape index (κ1) is 22.7. The van der Waals surface area contributed by atoms with Gasteiger partial charge in [-0.05, 0) is 64.4 Å². The van der Waals surface area contributed by atoms with E-state index >= 15 is 0 Å². The summed E-state index contributed by atoms with van der Waals surface area (Å²) in [7, 11) is 3.46. The Labute approximate surface area is 175 Å². The van der Waals surface area contributed by atoms with Gasteiger partial charge in [0.1, 0.15) is 5.75 Å². The molecule has 0 spiro atoms. The van der Waals surface area contributed by atoms with Crippen molar-refractivity contribution in [2.24, 2.45) is 4.99 Å². The first-order valence-electron chi connectivity index (χ1n) is 10.3. The normalized spacial score (nSPS) is 12.1. The molecule has 7 heteroatoms. The van der Waals surface area contributed by atoms with Crippen LogP contribution < -0.4 is 15.4 Å². The van der Waals surface area contributed by atoms with Gasteiger partial charge < -0.3 is 15.4 Å². The number of aliphatic imine (C=N–C) groups is 1. The van der Waals surface area contributed by atoms with Crippen LogP contribution >= 0.6 is 0 Å². The molecule has 2 rings (SSSR count). The Morgan fingerprint density at radius 1 is 1.10 bits per heavy atom. The minimum Gasteiger partial charge on any atom is -0.497 e. The summed E-state index contributed by atoms with van der Waals surface area (Å²) in [6, 6.07) is 11.0. The molecular formula is C22H36N6O. The van der Waals surface area contributed by atoms with Crippen molar-refractivity contribution in [1.82, 2.24) is 25.3 Å². The van der Waals surface area contributed by atoms with Crippen LogP contribution in [0.4, 0.5) is 0 Å². The van der Waals surface area contributed by atoms with Gasteiger partial charge in [0.25, 0.3) is 0 Å². The maximum atomic E-state index is 5.20. The molecule has 0 atom stereocenters. The minimum absolute atomic E-state index is 0.563. The summed E-state index contributed by atoms with van der Waals surface area (Å²) >= 11 is 0. The highest BCUT2D eigenvalue weighted by molar-refractivity contribution is 5.79. The summed E-state index contributed by atoms with van der Waals surface area (Å²) in [5, 5.41) is 11.3. The molecule has 0 aliphatic carbocycles. The highest BCUT2D eigenvalue weighted by Gasteiger charge is 2.12. The number of rotatable bonds is 10. The molecule has 0 amide bonds. The molecule has 0 saturated carbocycles. The maximum absolute atomic E-state index is 5.20. The first-order valence-corrected chi connectivity index (χ1v) is 10.3. The van der Waals surface area contributed by atoms with Crippen LogP contribution in [0.15, 0.2) is 41.5 Å². The van der Waals surface area contributed by atoms with Crippen LogP contribution in [0.2, 0.25) is 0 Å². The second-order valence-corrected chi connectivity index (χ2v) is 7.58. The molecule has 0 saturated heterocycles. The summed E-state index contributed by atoms with van der Waals surface area (Å²) in [6.07, 6.45) is 3.03. The van der Waals surface area contributed by atoms with Gasteiger partial charge in [-0.15, -0.1) is 0 Å². The van der Waals surface area contributed by atoms with Crippen molar-refractivity contribution in [1.29, 1.82) is 0 Å². The third-order valence-electron chi connectivity index (χ3n) is 4.85. The van der Waals surface area contributed by atoms with Crippen molar-refractivity contribution in [2.75, 3.05) is 27.2 Å². The van der Waals surface area contributed by atoms with Crippen LogP contribution in [0.3, 0.4) is 0 Å². The van der Waals surface area contributed by atoms with Gasteiger partial charge in [0.15, 0.2) is 5.96 Å². The molecule has 2 aromatic rings. The maximum Gasteiger partial charge on any atom is 0.191 e. The SMILES string of the molecule is CN=C(NCCCN(C(C)C)C(C)C)NCc1ccn(-c2ccc(OC)cc2)n1. The Bertz CT molecular complexity index is 743. The van der Waals surface area contributed by atoms with Gasteiger partial charge >= 0.3 is 0 Å². The number of hydrogen-bond acceptors (Lipinski definition) is 4. The van der Waals surface area contributed by atoms with Crippen LogP contribution in [0.1, 0.15) is 39.8 Å². The van der Waals surface area contributed by atoms with E-state index in [2.05, 4.69) is 53.3 Å². The van der Waals surface area contributed by atoms with Gasteiger partial charge in [0.2, 0.25) is 0 Å². The highest BCUT2D eigenvalue weighted by Crippen LogP contribution is 2.14. The Kier molecular flexibility index (Phi) is 8.99. The molecule has 2 N–H and O–H groups in total. The van der Waals surface area contributed by atoms with E-state index in [0.29, 0.717) is 18.6 Å². The van der Waals surface area contributed by atoms with Crippen LogP contribution in [-0.2, 0) is 6.54 Å². The monoisotopic (exact) mass is 400 g/mol. The lowest BCUT2D eigenvalue weighted by Gasteiger charge is -2.30. The summed E-state index contributed by atoms with van der Waals surface area (Å²) in [4.78, 5) is 6.81. The van der Waals surface area contributed by atoms with E-state index in [9.17, 15) is 0 Å². The van der Waals surface area contributed by atoms with Crippen LogP contribution in [0, 0.1) is 0 Å². The Hall–Kier alpha value is -2.54. The Morgan fingerprint density at radius 2 is 1.79 bits per heavy atom. The number of benzene rings is 1. The zero-order valence-electron chi connectivity index (χ0n) is 18.6. The number of hydrogen-bond donors (Lipinski definition) is 2. The van der Waals surface area contributed by atoms with Crippen LogP contribution in [0.5, 0.6) is 5.75 Å². The van der Waals surface area contributed by atoms with Gasteiger partial charge in [-0.2, -0.15) is 5.10 Å². The summed E-state index contributed by atoms with van der Waals surface area (Å²) < 4.78 is 7.06. The van der Waals surface area contributed by atoms with E-state index < -0.39 is 0 Å². The second kappa shape index (κ2) is 11.5. The fourth-order valence-corrected chi connectivity index (χ4v) is 3.31. The molecule has 1 aromatic heterocycles. The van der Waals surface area contributed by atoms with Crippen molar-refractivity contribution in [3.05, 3.63) is 42.2 Å². The molecule has 7 nitrogen and oxygen atoms in total. The second-order valence-electron chi connectivity index (χ2n) is 7.58. The number of nitrogens with one attached hydrogen (secondary N) is 2. The Balaban J connectivity index is 1.78. The number of ether oxygens (including phenoxy) is 1. The summed E-state index contributed by atoms with van der Waals surface area (Å²) in [6.45, 7) is 11.6. The molecule has 0 bridgehead atoms. The quantitative estimate of drug-likeness (QED) is 0.365. The number of guanidine groups is 1. The topological polar surface area (TPSA) is 66.7 Å². The van der Waals surface area contributed by atoms with E-state index in [-0.39, 0.29) is 0 Å². The number of aromatic nitrogens is 2. The lowest BCUT2D eigenvalue weighted by atomic mass is 10.2. The molecule has 0 aliphatic rings. The third kappa shape index (κ3) is 7.09. The number of nitrogens with zero attached hydrogens (tertiary/aromatic N) is 4. The van der Waals surface area contributed by atoms with Crippen molar-refractivity contribution in [3.8, 4) is 11.4 Å². The fourth-order valence-electron chi connectivity index (χ4n) is 3.31. The lowest BCUT2D eigenvalue weighted by molar-refractivity contribution is 0.173. The largest absolute Gasteiger partial charge is 0.497 e. The third-order valence-corrected chi connectivity index (χ3v) is 4.85. The van der Waals surface area contributed by atoms with Crippen molar-refractivity contribution >= 4 is 5.96 Å².